The number of hydrogen-bond donors (Lipinski definition) is 2. The molecule has 2 heterocycles. The Hall–Kier alpha value is -4.13. The lowest BCUT2D eigenvalue weighted by Crippen LogP contribution is -2.52. The zero-order valence-corrected chi connectivity index (χ0v) is 19.0. The van der Waals surface area contributed by atoms with E-state index in [9.17, 15) is 9.59 Å². The summed E-state index contributed by atoms with van der Waals surface area (Å²) in [6, 6.07) is 26.1. The van der Waals surface area contributed by atoms with Crippen molar-refractivity contribution < 1.29 is 9.59 Å². The van der Waals surface area contributed by atoms with Gasteiger partial charge in [-0.05, 0) is 30.2 Å². The van der Waals surface area contributed by atoms with Crippen LogP contribution in [0.15, 0.2) is 84.9 Å². The molecule has 3 aromatic carbocycles. The Kier molecular flexibility index (Phi) is 5.99. The number of anilines is 1. The van der Waals surface area contributed by atoms with Crippen LogP contribution >= 0.6 is 0 Å². The number of nitrogens with one attached hydrogen (secondary N) is 2. The van der Waals surface area contributed by atoms with Gasteiger partial charge in [-0.25, -0.2) is 9.78 Å². The minimum Gasteiger partial charge on any atom is -0.348 e. The molecular formula is C27H27N5O2. The van der Waals surface area contributed by atoms with Gasteiger partial charge in [0.05, 0.1) is 17.1 Å². The van der Waals surface area contributed by atoms with Gasteiger partial charge in [0.15, 0.2) is 0 Å². The SMILES string of the molecule is CC(NC(=O)[C@H](Cc1ccccc1)NC(=O)N1CCn2c1nc1ccccc12)c1ccccc1. The molecule has 0 bridgehead atoms. The third-order valence-corrected chi connectivity index (χ3v) is 6.22. The summed E-state index contributed by atoms with van der Waals surface area (Å²) in [5.74, 6) is 0.386. The first-order valence-corrected chi connectivity index (χ1v) is 11.5. The van der Waals surface area contributed by atoms with E-state index in [1.165, 1.54) is 0 Å². The van der Waals surface area contributed by atoms with Crippen LogP contribution in [0.4, 0.5) is 10.7 Å². The maximum absolute atomic E-state index is 13.3. The van der Waals surface area contributed by atoms with Crippen molar-refractivity contribution in [3.63, 3.8) is 0 Å². The summed E-state index contributed by atoms with van der Waals surface area (Å²) in [7, 11) is 0. The van der Waals surface area contributed by atoms with E-state index in [2.05, 4.69) is 15.6 Å². The summed E-state index contributed by atoms with van der Waals surface area (Å²) < 4.78 is 2.04. The Balaban J connectivity index is 1.35. The van der Waals surface area contributed by atoms with Crippen LogP contribution in [0.25, 0.3) is 11.0 Å². The number of rotatable bonds is 6. The molecule has 1 aliphatic heterocycles. The zero-order valence-electron chi connectivity index (χ0n) is 19.0. The Bertz CT molecular complexity index is 1300. The summed E-state index contributed by atoms with van der Waals surface area (Å²) in [5.41, 5.74) is 3.84. The highest BCUT2D eigenvalue weighted by molar-refractivity contribution is 5.96. The zero-order chi connectivity index (χ0) is 23.5. The Morgan fingerprint density at radius 1 is 0.882 bits per heavy atom. The summed E-state index contributed by atoms with van der Waals surface area (Å²) in [5, 5.41) is 6.03. The van der Waals surface area contributed by atoms with Crippen molar-refractivity contribution in [1.29, 1.82) is 0 Å². The van der Waals surface area contributed by atoms with E-state index in [1.807, 2.05) is 96.4 Å². The van der Waals surface area contributed by atoms with E-state index in [0.29, 0.717) is 25.5 Å². The number of fused-ring (bicyclic) bond motifs is 3. The molecular weight excluding hydrogens is 426 g/mol. The van der Waals surface area contributed by atoms with Crippen molar-refractivity contribution in [2.75, 3.05) is 11.4 Å². The monoisotopic (exact) mass is 453 g/mol. The molecule has 2 atom stereocenters. The number of urea groups is 1. The molecule has 0 saturated carbocycles. The van der Waals surface area contributed by atoms with Crippen molar-refractivity contribution in [3.05, 3.63) is 96.1 Å². The molecule has 2 N–H and O–H groups in total. The number of carbonyl (C=O) groups is 2. The summed E-state index contributed by atoms with van der Waals surface area (Å²) in [6.45, 7) is 3.13. The minimum atomic E-state index is -0.723. The third kappa shape index (κ3) is 4.37. The first-order chi connectivity index (χ1) is 16.6. The van der Waals surface area contributed by atoms with E-state index < -0.39 is 6.04 Å². The molecule has 7 heteroatoms. The Morgan fingerprint density at radius 3 is 2.32 bits per heavy atom. The van der Waals surface area contributed by atoms with Crippen molar-refractivity contribution >= 4 is 28.9 Å². The second kappa shape index (κ2) is 9.39. The second-order valence-electron chi connectivity index (χ2n) is 8.54. The molecule has 0 fully saturated rings. The van der Waals surface area contributed by atoms with Crippen LogP contribution in [0, 0.1) is 0 Å². The van der Waals surface area contributed by atoms with Gasteiger partial charge in [0, 0.05) is 19.5 Å². The first-order valence-electron chi connectivity index (χ1n) is 11.5. The smallest absolute Gasteiger partial charge is 0.324 e. The number of carbonyl (C=O) groups excluding carboxylic acids is 2. The molecule has 1 unspecified atom stereocenters. The molecule has 172 valence electrons. The lowest BCUT2D eigenvalue weighted by atomic mass is 10.0. The van der Waals surface area contributed by atoms with E-state index in [1.54, 1.807) is 4.90 Å². The molecule has 5 rings (SSSR count). The molecule has 1 aliphatic rings. The van der Waals surface area contributed by atoms with Gasteiger partial charge < -0.3 is 15.2 Å². The number of benzene rings is 3. The van der Waals surface area contributed by atoms with Gasteiger partial charge in [0.1, 0.15) is 6.04 Å². The van der Waals surface area contributed by atoms with Gasteiger partial charge in [-0.2, -0.15) is 0 Å². The predicted molar refractivity (Wildman–Crippen MR) is 133 cm³/mol. The Morgan fingerprint density at radius 2 is 1.56 bits per heavy atom. The highest BCUT2D eigenvalue weighted by Gasteiger charge is 2.31. The predicted octanol–water partition coefficient (Wildman–Crippen LogP) is 4.05. The van der Waals surface area contributed by atoms with Crippen LogP contribution in [0.1, 0.15) is 24.1 Å². The fourth-order valence-corrected chi connectivity index (χ4v) is 4.41. The van der Waals surface area contributed by atoms with Crippen molar-refractivity contribution in [2.24, 2.45) is 0 Å². The van der Waals surface area contributed by atoms with Gasteiger partial charge in [-0.15, -0.1) is 0 Å². The van der Waals surface area contributed by atoms with Gasteiger partial charge in [-0.1, -0.05) is 72.8 Å². The van der Waals surface area contributed by atoms with E-state index in [0.717, 1.165) is 22.2 Å². The largest absolute Gasteiger partial charge is 0.348 e. The Labute approximate surface area is 198 Å². The van der Waals surface area contributed by atoms with Crippen LogP contribution in [0.5, 0.6) is 0 Å². The molecule has 4 aromatic rings. The van der Waals surface area contributed by atoms with Crippen LogP contribution in [0.2, 0.25) is 0 Å². The molecule has 0 saturated heterocycles. The van der Waals surface area contributed by atoms with Gasteiger partial charge >= 0.3 is 6.03 Å². The molecule has 1 aromatic heterocycles. The molecule has 0 aliphatic carbocycles. The third-order valence-electron chi connectivity index (χ3n) is 6.22. The number of imidazole rings is 1. The van der Waals surface area contributed by atoms with Crippen LogP contribution in [-0.4, -0.2) is 34.1 Å². The quantitative estimate of drug-likeness (QED) is 0.462. The lowest BCUT2D eigenvalue weighted by Gasteiger charge is -2.24. The summed E-state index contributed by atoms with van der Waals surface area (Å²) in [4.78, 5) is 32.9. The lowest BCUT2D eigenvalue weighted by molar-refractivity contribution is -0.123. The van der Waals surface area contributed by atoms with E-state index in [4.69, 9.17) is 0 Å². The molecule has 34 heavy (non-hydrogen) atoms. The fraction of sp³-hybridized carbons (Fsp3) is 0.222. The fourth-order valence-electron chi connectivity index (χ4n) is 4.41. The van der Waals surface area contributed by atoms with Crippen molar-refractivity contribution in [3.8, 4) is 0 Å². The van der Waals surface area contributed by atoms with Gasteiger partial charge in [0.25, 0.3) is 0 Å². The number of nitrogens with zero attached hydrogens (tertiary/aromatic N) is 3. The second-order valence-corrected chi connectivity index (χ2v) is 8.54. The number of amides is 3. The molecule has 0 radical (unpaired) electrons. The summed E-state index contributed by atoms with van der Waals surface area (Å²) in [6.07, 6.45) is 0.393. The summed E-state index contributed by atoms with van der Waals surface area (Å²) >= 11 is 0. The molecule has 7 nitrogen and oxygen atoms in total. The number of aromatic nitrogens is 2. The highest BCUT2D eigenvalue weighted by Crippen LogP contribution is 2.27. The van der Waals surface area contributed by atoms with Crippen LogP contribution < -0.4 is 15.5 Å². The van der Waals surface area contributed by atoms with Crippen molar-refractivity contribution in [2.45, 2.75) is 32.0 Å². The topological polar surface area (TPSA) is 79.3 Å². The van der Waals surface area contributed by atoms with Crippen LogP contribution in [-0.2, 0) is 17.8 Å². The highest BCUT2D eigenvalue weighted by atomic mass is 16.2. The standard InChI is InChI=1S/C27H27N5O2/c1-19(21-12-6-3-7-13-21)28-25(33)23(18-20-10-4-2-5-11-20)30-27(34)32-17-16-31-24-15-9-8-14-22(24)29-26(31)32/h2-15,19,23H,16-18H2,1H3,(H,28,33)(H,30,34)/t19?,23-/m0/s1. The minimum absolute atomic E-state index is 0.181. The number of hydrogen-bond acceptors (Lipinski definition) is 3. The molecule has 3 amide bonds. The average molecular weight is 454 g/mol. The first kappa shape index (κ1) is 21.7. The van der Waals surface area contributed by atoms with Crippen molar-refractivity contribution in [1.82, 2.24) is 20.2 Å². The van der Waals surface area contributed by atoms with Crippen LogP contribution in [0.3, 0.4) is 0 Å². The maximum atomic E-state index is 13.3. The van der Waals surface area contributed by atoms with E-state index in [-0.39, 0.29) is 18.0 Å². The molecule has 0 spiro atoms. The maximum Gasteiger partial charge on any atom is 0.324 e. The average Bonchev–Trinajstić information content (AvgIpc) is 3.44. The van der Waals surface area contributed by atoms with Gasteiger partial charge in [-0.3, -0.25) is 9.69 Å². The number of para-hydroxylation sites is 2. The van der Waals surface area contributed by atoms with E-state index >= 15 is 0 Å². The normalized spacial score (nSPS) is 14.4. The van der Waals surface area contributed by atoms with Gasteiger partial charge in [0.2, 0.25) is 11.9 Å².